The van der Waals surface area contributed by atoms with Crippen LogP contribution in [-0.2, 0) is 24.9 Å². The molecule has 7 nitrogen and oxygen atoms in total. The zero-order chi connectivity index (χ0) is 25.5. The number of hydrogen-bond acceptors (Lipinski definition) is 7. The SMILES string of the molecule is CCS(=O)(=O)Cc1ccc(C(=O)C(=O)c2ccc(F)c(OC)c2)c(B2OC(C)(C)C(C)(C)O2)c1. The molecule has 1 heterocycles. The molecule has 0 amide bonds. The summed E-state index contributed by atoms with van der Waals surface area (Å²) in [5, 5.41) is 0. The van der Waals surface area contributed by atoms with Crippen molar-refractivity contribution in [2.75, 3.05) is 12.9 Å². The second-order valence-electron chi connectivity index (χ2n) is 9.19. The molecule has 0 atom stereocenters. The van der Waals surface area contributed by atoms with Gasteiger partial charge in [0.05, 0.1) is 24.1 Å². The maximum atomic E-state index is 13.8. The van der Waals surface area contributed by atoms with Crippen molar-refractivity contribution in [3.05, 3.63) is 58.9 Å². The van der Waals surface area contributed by atoms with Crippen LogP contribution >= 0.6 is 0 Å². The van der Waals surface area contributed by atoms with E-state index in [9.17, 15) is 22.4 Å². The Kier molecular flexibility index (Phi) is 7.08. The molecule has 0 spiro atoms. The molecule has 34 heavy (non-hydrogen) atoms. The maximum absolute atomic E-state index is 13.8. The quantitative estimate of drug-likeness (QED) is 0.319. The fourth-order valence-electron chi connectivity index (χ4n) is 3.48. The van der Waals surface area contributed by atoms with Crippen LogP contribution < -0.4 is 10.2 Å². The number of methoxy groups -OCH3 is 1. The highest BCUT2D eigenvalue weighted by Crippen LogP contribution is 2.37. The second-order valence-corrected chi connectivity index (χ2v) is 11.5. The van der Waals surface area contributed by atoms with Gasteiger partial charge in [-0.25, -0.2) is 12.8 Å². The molecule has 1 fully saturated rings. The standard InChI is InChI=1S/C24H28BFO7S/c1-7-34(29,30)14-15-8-10-17(18(12-15)25-32-23(2,3)24(4,5)33-25)22(28)21(27)16-9-11-19(26)20(13-16)31-6/h8-13H,7,14H2,1-6H3. The highest BCUT2D eigenvalue weighted by atomic mass is 32.2. The van der Waals surface area contributed by atoms with E-state index < -0.39 is 45.5 Å². The molecule has 0 N–H and O–H groups in total. The highest BCUT2D eigenvalue weighted by Gasteiger charge is 2.52. The first-order valence-corrected chi connectivity index (χ1v) is 12.6. The fourth-order valence-corrected chi connectivity index (χ4v) is 4.38. The van der Waals surface area contributed by atoms with Crippen LogP contribution in [0.5, 0.6) is 5.75 Å². The van der Waals surface area contributed by atoms with E-state index in [1.54, 1.807) is 6.92 Å². The third-order valence-corrected chi connectivity index (χ3v) is 7.97. The molecule has 0 aromatic heterocycles. The van der Waals surface area contributed by atoms with Gasteiger partial charge in [0.1, 0.15) is 0 Å². The third kappa shape index (κ3) is 5.09. The van der Waals surface area contributed by atoms with Gasteiger partial charge in [0, 0.05) is 16.9 Å². The van der Waals surface area contributed by atoms with Crippen molar-refractivity contribution >= 4 is 34.0 Å². The Morgan fingerprint density at radius 3 is 2.18 bits per heavy atom. The van der Waals surface area contributed by atoms with Crippen LogP contribution in [0.4, 0.5) is 4.39 Å². The lowest BCUT2D eigenvalue weighted by Gasteiger charge is -2.32. The fraction of sp³-hybridized carbons (Fsp3) is 0.417. The van der Waals surface area contributed by atoms with Crippen molar-refractivity contribution in [2.24, 2.45) is 0 Å². The van der Waals surface area contributed by atoms with E-state index in [1.807, 2.05) is 27.7 Å². The van der Waals surface area contributed by atoms with Gasteiger partial charge in [-0.05, 0) is 56.9 Å². The molecule has 1 aliphatic rings. The molecule has 1 aliphatic heterocycles. The number of halogens is 1. The number of rotatable bonds is 8. The zero-order valence-electron chi connectivity index (χ0n) is 20.1. The lowest BCUT2D eigenvalue weighted by molar-refractivity contribution is 0.00578. The highest BCUT2D eigenvalue weighted by molar-refractivity contribution is 7.90. The van der Waals surface area contributed by atoms with Crippen LogP contribution in [0.15, 0.2) is 36.4 Å². The molecule has 3 rings (SSSR count). The van der Waals surface area contributed by atoms with Crippen LogP contribution in [-0.4, -0.2) is 51.2 Å². The van der Waals surface area contributed by atoms with Gasteiger partial charge in [-0.15, -0.1) is 0 Å². The van der Waals surface area contributed by atoms with E-state index in [0.717, 1.165) is 12.1 Å². The first-order valence-electron chi connectivity index (χ1n) is 10.8. The Morgan fingerprint density at radius 2 is 1.62 bits per heavy atom. The topological polar surface area (TPSA) is 96.0 Å². The number of Topliss-reactive ketones (excluding diaryl/α,β-unsaturated/α-hetero) is 2. The van der Waals surface area contributed by atoms with Crippen molar-refractivity contribution in [3.63, 3.8) is 0 Å². The predicted octanol–water partition coefficient (Wildman–Crippen LogP) is 3.13. The van der Waals surface area contributed by atoms with Gasteiger partial charge in [0.2, 0.25) is 11.6 Å². The van der Waals surface area contributed by atoms with E-state index in [1.165, 1.54) is 31.4 Å². The molecular formula is C24H28BFO7S. The molecule has 10 heteroatoms. The van der Waals surface area contributed by atoms with Crippen LogP contribution in [0.2, 0.25) is 0 Å². The summed E-state index contributed by atoms with van der Waals surface area (Å²) >= 11 is 0. The Labute approximate surface area is 199 Å². The zero-order valence-corrected chi connectivity index (χ0v) is 20.9. The van der Waals surface area contributed by atoms with Gasteiger partial charge >= 0.3 is 7.12 Å². The van der Waals surface area contributed by atoms with Crippen molar-refractivity contribution in [3.8, 4) is 5.75 Å². The molecule has 1 saturated heterocycles. The van der Waals surface area contributed by atoms with Crippen LogP contribution in [0.1, 0.15) is 60.9 Å². The number of ketones is 2. The maximum Gasteiger partial charge on any atom is 0.495 e. The minimum absolute atomic E-state index is 0.0180. The van der Waals surface area contributed by atoms with Gasteiger partial charge in [-0.3, -0.25) is 9.59 Å². The summed E-state index contributed by atoms with van der Waals surface area (Å²) in [6, 6.07) is 7.84. The van der Waals surface area contributed by atoms with Crippen molar-refractivity contribution < 1.29 is 36.4 Å². The Balaban J connectivity index is 2.07. The number of ether oxygens (including phenoxy) is 1. The Bertz CT molecular complexity index is 1220. The van der Waals surface area contributed by atoms with E-state index in [-0.39, 0.29) is 33.8 Å². The number of sulfone groups is 1. The van der Waals surface area contributed by atoms with E-state index in [4.69, 9.17) is 14.0 Å². The first-order chi connectivity index (χ1) is 15.7. The van der Waals surface area contributed by atoms with Crippen molar-refractivity contribution in [1.82, 2.24) is 0 Å². The number of carbonyl (C=O) groups is 2. The minimum atomic E-state index is -3.35. The lowest BCUT2D eigenvalue weighted by atomic mass is 9.73. The summed E-state index contributed by atoms with van der Waals surface area (Å²) in [4.78, 5) is 26.3. The summed E-state index contributed by atoms with van der Waals surface area (Å²) in [6.45, 7) is 8.93. The van der Waals surface area contributed by atoms with Crippen LogP contribution in [0, 0.1) is 5.82 Å². The predicted molar refractivity (Wildman–Crippen MR) is 127 cm³/mol. The van der Waals surface area contributed by atoms with E-state index >= 15 is 0 Å². The number of hydrogen-bond donors (Lipinski definition) is 0. The minimum Gasteiger partial charge on any atom is -0.494 e. The summed E-state index contributed by atoms with van der Waals surface area (Å²) in [7, 11) is -3.08. The summed E-state index contributed by atoms with van der Waals surface area (Å²) < 4.78 is 55.2. The van der Waals surface area contributed by atoms with Gasteiger partial charge in [0.15, 0.2) is 21.4 Å². The van der Waals surface area contributed by atoms with Gasteiger partial charge in [-0.1, -0.05) is 25.1 Å². The van der Waals surface area contributed by atoms with Crippen molar-refractivity contribution in [1.29, 1.82) is 0 Å². The van der Waals surface area contributed by atoms with Crippen LogP contribution in [0.3, 0.4) is 0 Å². The molecule has 0 saturated carbocycles. The van der Waals surface area contributed by atoms with Gasteiger partial charge in [0.25, 0.3) is 0 Å². The average Bonchev–Trinajstić information content (AvgIpc) is 2.99. The molecule has 0 unspecified atom stereocenters. The summed E-state index contributed by atoms with van der Waals surface area (Å²) in [5.74, 6) is -2.82. The van der Waals surface area contributed by atoms with Crippen LogP contribution in [0.25, 0.3) is 0 Å². The largest absolute Gasteiger partial charge is 0.495 e. The van der Waals surface area contributed by atoms with Gasteiger partial charge in [-0.2, -0.15) is 0 Å². The molecule has 2 aromatic carbocycles. The number of benzene rings is 2. The molecule has 182 valence electrons. The Morgan fingerprint density at radius 1 is 1.00 bits per heavy atom. The van der Waals surface area contributed by atoms with E-state index in [2.05, 4.69) is 0 Å². The lowest BCUT2D eigenvalue weighted by Crippen LogP contribution is -2.41. The smallest absolute Gasteiger partial charge is 0.494 e. The van der Waals surface area contributed by atoms with Gasteiger partial charge < -0.3 is 14.0 Å². The molecule has 0 aliphatic carbocycles. The molecule has 2 aromatic rings. The average molecular weight is 490 g/mol. The molecule has 0 bridgehead atoms. The number of carbonyl (C=O) groups excluding carboxylic acids is 2. The summed E-state index contributed by atoms with van der Waals surface area (Å²) in [6.07, 6.45) is 0. The molecule has 0 radical (unpaired) electrons. The third-order valence-electron chi connectivity index (χ3n) is 6.31. The monoisotopic (exact) mass is 490 g/mol. The normalized spacial score (nSPS) is 17.0. The summed E-state index contributed by atoms with van der Waals surface area (Å²) in [5.41, 5.74) is -0.769. The van der Waals surface area contributed by atoms with Crippen molar-refractivity contribution in [2.45, 2.75) is 51.6 Å². The van der Waals surface area contributed by atoms with E-state index in [0.29, 0.717) is 5.56 Å². The first kappa shape index (κ1) is 26.1. The second kappa shape index (κ2) is 9.24. The molecular weight excluding hydrogens is 462 g/mol. The Hall–Kier alpha value is -2.56.